The standard InChI is InChI=1S/C9H12BrNO4S2/c1-3-4-11-17(13,14)7-5-6(9(12)15-2)16-8(7)10/h5,11H,3-4H2,1-2H3. The van der Waals surface area contributed by atoms with Gasteiger partial charge in [-0.25, -0.2) is 17.9 Å². The first-order valence-corrected chi connectivity index (χ1v) is 7.89. The number of thiophene rings is 1. The van der Waals surface area contributed by atoms with Crippen LogP contribution < -0.4 is 4.72 Å². The molecule has 0 bridgehead atoms. The predicted molar refractivity (Wildman–Crippen MR) is 68.8 cm³/mol. The fourth-order valence-corrected chi connectivity index (χ4v) is 4.67. The lowest BCUT2D eigenvalue weighted by molar-refractivity contribution is 0.0606. The van der Waals surface area contributed by atoms with Crippen molar-refractivity contribution in [2.45, 2.75) is 18.2 Å². The molecule has 0 atom stereocenters. The molecule has 1 rings (SSSR count). The van der Waals surface area contributed by atoms with Crippen molar-refractivity contribution in [3.63, 3.8) is 0 Å². The number of esters is 1. The molecule has 0 spiro atoms. The maximum Gasteiger partial charge on any atom is 0.348 e. The van der Waals surface area contributed by atoms with Crippen LogP contribution in [-0.4, -0.2) is 28.0 Å². The van der Waals surface area contributed by atoms with Gasteiger partial charge in [-0.1, -0.05) is 6.92 Å². The maximum atomic E-state index is 11.8. The summed E-state index contributed by atoms with van der Waals surface area (Å²) in [5.41, 5.74) is 0. The Morgan fingerprint density at radius 3 is 2.76 bits per heavy atom. The van der Waals surface area contributed by atoms with Crippen LogP contribution >= 0.6 is 27.3 Å². The smallest absolute Gasteiger partial charge is 0.348 e. The molecule has 0 aliphatic heterocycles. The first kappa shape index (κ1) is 14.6. The van der Waals surface area contributed by atoms with Gasteiger partial charge in [0.15, 0.2) is 0 Å². The number of hydrogen-bond acceptors (Lipinski definition) is 5. The zero-order valence-electron chi connectivity index (χ0n) is 9.32. The van der Waals surface area contributed by atoms with E-state index in [1.165, 1.54) is 13.2 Å². The van der Waals surface area contributed by atoms with E-state index >= 15 is 0 Å². The van der Waals surface area contributed by atoms with Crippen LogP contribution in [-0.2, 0) is 14.8 Å². The summed E-state index contributed by atoms with van der Waals surface area (Å²) in [5.74, 6) is -0.548. The van der Waals surface area contributed by atoms with Crippen LogP contribution in [0, 0.1) is 0 Å². The van der Waals surface area contributed by atoms with E-state index in [1.807, 2.05) is 6.92 Å². The van der Waals surface area contributed by atoms with Gasteiger partial charge in [-0.05, 0) is 28.4 Å². The molecule has 5 nitrogen and oxygen atoms in total. The van der Waals surface area contributed by atoms with Crippen LogP contribution in [0.15, 0.2) is 14.7 Å². The molecular weight excluding hydrogens is 330 g/mol. The van der Waals surface area contributed by atoms with Gasteiger partial charge in [0.2, 0.25) is 10.0 Å². The summed E-state index contributed by atoms with van der Waals surface area (Å²) in [6, 6.07) is 1.30. The highest BCUT2D eigenvalue weighted by atomic mass is 79.9. The number of carbonyl (C=O) groups is 1. The molecule has 1 aromatic heterocycles. The summed E-state index contributed by atoms with van der Waals surface area (Å²) in [7, 11) is -2.32. The Morgan fingerprint density at radius 2 is 2.24 bits per heavy atom. The molecule has 17 heavy (non-hydrogen) atoms. The minimum Gasteiger partial charge on any atom is -0.465 e. The number of sulfonamides is 1. The van der Waals surface area contributed by atoms with E-state index in [4.69, 9.17) is 0 Å². The highest BCUT2D eigenvalue weighted by Gasteiger charge is 2.22. The van der Waals surface area contributed by atoms with Gasteiger partial charge >= 0.3 is 5.97 Å². The second-order valence-electron chi connectivity index (χ2n) is 3.14. The summed E-state index contributed by atoms with van der Waals surface area (Å²) >= 11 is 4.16. The average Bonchev–Trinajstić information content (AvgIpc) is 2.68. The molecule has 1 N–H and O–H groups in total. The summed E-state index contributed by atoms with van der Waals surface area (Å²) in [4.78, 5) is 11.6. The second kappa shape index (κ2) is 5.94. The zero-order chi connectivity index (χ0) is 13.1. The zero-order valence-corrected chi connectivity index (χ0v) is 12.5. The summed E-state index contributed by atoms with van der Waals surface area (Å²) < 4.78 is 31.1. The van der Waals surface area contributed by atoms with E-state index in [0.717, 1.165) is 11.3 Å². The SMILES string of the molecule is CCCNS(=O)(=O)c1cc(C(=O)OC)sc1Br. The summed E-state index contributed by atoms with van der Waals surface area (Å²) in [6.45, 7) is 2.23. The number of carbonyl (C=O) groups excluding carboxylic acids is 1. The van der Waals surface area contributed by atoms with Crippen LogP contribution in [0.5, 0.6) is 0 Å². The third-order valence-corrected chi connectivity index (χ3v) is 5.57. The third kappa shape index (κ3) is 3.51. The van der Waals surface area contributed by atoms with Crippen LogP contribution in [0.25, 0.3) is 0 Å². The molecule has 0 aromatic carbocycles. The molecule has 0 unspecified atom stereocenters. The van der Waals surface area contributed by atoms with E-state index in [9.17, 15) is 13.2 Å². The normalized spacial score (nSPS) is 11.5. The Bertz CT molecular complexity index is 509. The number of rotatable bonds is 5. The van der Waals surface area contributed by atoms with Crippen LogP contribution in [0.2, 0.25) is 0 Å². The molecule has 0 aliphatic rings. The second-order valence-corrected chi connectivity index (χ2v) is 7.24. The quantitative estimate of drug-likeness (QED) is 0.831. The first-order valence-electron chi connectivity index (χ1n) is 4.79. The topological polar surface area (TPSA) is 72.5 Å². The van der Waals surface area contributed by atoms with Crippen molar-refractivity contribution in [3.05, 3.63) is 14.7 Å². The van der Waals surface area contributed by atoms with Crippen LogP contribution in [0.1, 0.15) is 23.0 Å². The lowest BCUT2D eigenvalue weighted by Crippen LogP contribution is -2.24. The number of nitrogens with one attached hydrogen (secondary N) is 1. The fourth-order valence-electron chi connectivity index (χ4n) is 1.05. The molecule has 1 heterocycles. The molecule has 96 valence electrons. The van der Waals surface area contributed by atoms with Gasteiger partial charge in [-0.3, -0.25) is 0 Å². The minimum atomic E-state index is -3.57. The van der Waals surface area contributed by atoms with E-state index in [-0.39, 0.29) is 9.77 Å². The first-order chi connectivity index (χ1) is 7.92. The van der Waals surface area contributed by atoms with Crippen molar-refractivity contribution in [3.8, 4) is 0 Å². The maximum absolute atomic E-state index is 11.8. The lowest BCUT2D eigenvalue weighted by Gasteiger charge is -2.03. The average molecular weight is 342 g/mol. The van der Waals surface area contributed by atoms with Gasteiger partial charge in [-0.15, -0.1) is 11.3 Å². The molecule has 0 aliphatic carbocycles. The Labute approximate surface area is 112 Å². The number of hydrogen-bond donors (Lipinski definition) is 1. The van der Waals surface area contributed by atoms with Crippen molar-refractivity contribution >= 4 is 43.3 Å². The van der Waals surface area contributed by atoms with Gasteiger partial charge in [0.05, 0.1) is 10.9 Å². The molecule has 8 heteroatoms. The van der Waals surface area contributed by atoms with Crippen molar-refractivity contribution < 1.29 is 17.9 Å². The number of methoxy groups -OCH3 is 1. The van der Waals surface area contributed by atoms with Gasteiger partial charge in [0.1, 0.15) is 9.77 Å². The minimum absolute atomic E-state index is 0.0661. The molecule has 0 saturated heterocycles. The van der Waals surface area contributed by atoms with Crippen LogP contribution in [0.3, 0.4) is 0 Å². The van der Waals surface area contributed by atoms with E-state index in [0.29, 0.717) is 16.8 Å². The fraction of sp³-hybridized carbons (Fsp3) is 0.444. The van der Waals surface area contributed by atoms with E-state index in [2.05, 4.69) is 25.4 Å². The lowest BCUT2D eigenvalue weighted by atomic mass is 10.5. The molecule has 0 radical (unpaired) electrons. The van der Waals surface area contributed by atoms with Crippen LogP contribution in [0.4, 0.5) is 0 Å². The number of halogens is 1. The Hall–Kier alpha value is -0.440. The Balaban J connectivity index is 3.07. The Morgan fingerprint density at radius 1 is 1.59 bits per heavy atom. The van der Waals surface area contributed by atoms with Gasteiger partial charge in [-0.2, -0.15) is 0 Å². The van der Waals surface area contributed by atoms with Crippen molar-refractivity contribution in [2.75, 3.05) is 13.7 Å². The third-order valence-electron chi connectivity index (χ3n) is 1.87. The molecular formula is C9H12BrNO4S2. The predicted octanol–water partition coefficient (Wildman–Crippen LogP) is 1.99. The van der Waals surface area contributed by atoms with Gasteiger partial charge in [0.25, 0.3) is 0 Å². The molecule has 1 aromatic rings. The van der Waals surface area contributed by atoms with Crippen molar-refractivity contribution in [1.29, 1.82) is 0 Å². The van der Waals surface area contributed by atoms with Gasteiger partial charge in [0, 0.05) is 6.54 Å². The molecule has 0 saturated carbocycles. The van der Waals surface area contributed by atoms with Crippen molar-refractivity contribution in [1.82, 2.24) is 4.72 Å². The highest BCUT2D eigenvalue weighted by molar-refractivity contribution is 9.11. The summed E-state index contributed by atoms with van der Waals surface area (Å²) in [5, 5.41) is 0. The largest absolute Gasteiger partial charge is 0.465 e. The van der Waals surface area contributed by atoms with E-state index in [1.54, 1.807) is 0 Å². The molecule has 0 fully saturated rings. The highest BCUT2D eigenvalue weighted by Crippen LogP contribution is 2.31. The van der Waals surface area contributed by atoms with E-state index < -0.39 is 16.0 Å². The monoisotopic (exact) mass is 341 g/mol. The number of ether oxygens (including phenoxy) is 1. The summed E-state index contributed by atoms with van der Waals surface area (Å²) in [6.07, 6.45) is 0.699. The van der Waals surface area contributed by atoms with Crippen molar-refractivity contribution in [2.24, 2.45) is 0 Å². The van der Waals surface area contributed by atoms with Gasteiger partial charge < -0.3 is 4.74 Å². The molecule has 0 amide bonds. The Kier molecular flexibility index (Phi) is 5.11.